The second kappa shape index (κ2) is 5.33. The van der Waals surface area contributed by atoms with Gasteiger partial charge in [0.25, 0.3) is 10.0 Å². The maximum Gasteiger partial charge on any atom is 0.253 e. The zero-order valence-electron chi connectivity index (χ0n) is 10.4. The SMILES string of the molecule is O=S(=O)(c1ccc(Cl)s1)N(C1CCOCC1)C1CC1. The van der Waals surface area contributed by atoms with Crippen LogP contribution < -0.4 is 0 Å². The quantitative estimate of drug-likeness (QED) is 0.856. The molecule has 106 valence electrons. The van der Waals surface area contributed by atoms with E-state index < -0.39 is 10.0 Å². The molecule has 2 heterocycles. The van der Waals surface area contributed by atoms with Gasteiger partial charge in [0.05, 0.1) is 4.34 Å². The first kappa shape index (κ1) is 13.8. The van der Waals surface area contributed by atoms with Crippen LogP contribution in [0.5, 0.6) is 0 Å². The van der Waals surface area contributed by atoms with Crippen LogP contribution in [0.15, 0.2) is 16.3 Å². The lowest BCUT2D eigenvalue weighted by molar-refractivity contribution is 0.0570. The molecule has 2 aliphatic rings. The number of hydrogen-bond acceptors (Lipinski definition) is 4. The van der Waals surface area contributed by atoms with Crippen molar-refractivity contribution in [1.82, 2.24) is 4.31 Å². The van der Waals surface area contributed by atoms with Gasteiger partial charge in [-0.15, -0.1) is 11.3 Å². The molecule has 1 aromatic rings. The number of ether oxygens (including phenoxy) is 1. The minimum atomic E-state index is -3.40. The van der Waals surface area contributed by atoms with Crippen molar-refractivity contribution in [3.63, 3.8) is 0 Å². The Morgan fingerprint density at radius 1 is 1.16 bits per heavy atom. The van der Waals surface area contributed by atoms with E-state index in [2.05, 4.69) is 0 Å². The van der Waals surface area contributed by atoms with E-state index in [1.807, 2.05) is 0 Å². The summed E-state index contributed by atoms with van der Waals surface area (Å²) in [6.45, 7) is 1.29. The normalized spacial score (nSPS) is 22.0. The second-order valence-corrected chi connectivity index (χ2v) is 8.75. The average Bonchev–Trinajstić information content (AvgIpc) is 3.10. The average molecular weight is 322 g/mol. The standard InChI is InChI=1S/C12H16ClNO3S2/c13-11-3-4-12(18-11)19(15,16)14(9-1-2-9)10-5-7-17-8-6-10/h3-4,9-10H,1-2,5-8H2. The molecule has 0 radical (unpaired) electrons. The first-order valence-corrected chi connectivity index (χ1v) is 9.09. The summed E-state index contributed by atoms with van der Waals surface area (Å²) in [5.74, 6) is 0. The Morgan fingerprint density at radius 2 is 1.79 bits per heavy atom. The molecule has 2 fully saturated rings. The highest BCUT2D eigenvalue weighted by Crippen LogP contribution is 2.38. The Kier molecular flexibility index (Phi) is 3.88. The largest absolute Gasteiger partial charge is 0.381 e. The summed E-state index contributed by atoms with van der Waals surface area (Å²) in [7, 11) is -3.40. The number of hydrogen-bond donors (Lipinski definition) is 0. The topological polar surface area (TPSA) is 46.6 Å². The highest BCUT2D eigenvalue weighted by Gasteiger charge is 2.43. The van der Waals surface area contributed by atoms with Gasteiger partial charge in [0.15, 0.2) is 0 Å². The number of sulfonamides is 1. The van der Waals surface area contributed by atoms with Gasteiger partial charge < -0.3 is 4.74 Å². The molecule has 0 aromatic carbocycles. The highest BCUT2D eigenvalue weighted by molar-refractivity contribution is 7.91. The number of thiophene rings is 1. The molecule has 0 N–H and O–H groups in total. The maximum atomic E-state index is 12.8. The van der Waals surface area contributed by atoms with E-state index in [-0.39, 0.29) is 12.1 Å². The minimum Gasteiger partial charge on any atom is -0.381 e. The number of halogens is 1. The monoisotopic (exact) mass is 321 g/mol. The Hall–Kier alpha value is -0.140. The van der Waals surface area contributed by atoms with E-state index in [9.17, 15) is 8.42 Å². The van der Waals surface area contributed by atoms with Crippen molar-refractivity contribution in [2.75, 3.05) is 13.2 Å². The maximum absolute atomic E-state index is 12.8. The summed E-state index contributed by atoms with van der Waals surface area (Å²) >= 11 is 7.00. The molecular weight excluding hydrogens is 306 g/mol. The molecule has 1 aromatic heterocycles. The van der Waals surface area contributed by atoms with Gasteiger partial charge >= 0.3 is 0 Å². The fraction of sp³-hybridized carbons (Fsp3) is 0.667. The van der Waals surface area contributed by atoms with E-state index in [1.165, 1.54) is 0 Å². The molecule has 0 bridgehead atoms. The summed E-state index contributed by atoms with van der Waals surface area (Å²) in [6, 6.07) is 3.51. The van der Waals surface area contributed by atoms with Crippen LogP contribution in [0.1, 0.15) is 25.7 Å². The third kappa shape index (κ3) is 2.83. The number of rotatable bonds is 4. The molecule has 0 amide bonds. The lowest BCUT2D eigenvalue weighted by Crippen LogP contribution is -2.44. The van der Waals surface area contributed by atoms with Gasteiger partial charge in [-0.1, -0.05) is 11.6 Å². The smallest absolute Gasteiger partial charge is 0.253 e. The zero-order chi connectivity index (χ0) is 13.5. The van der Waals surface area contributed by atoms with Crippen molar-refractivity contribution in [2.24, 2.45) is 0 Å². The molecular formula is C12H16ClNO3S2. The van der Waals surface area contributed by atoms with Gasteiger partial charge in [0, 0.05) is 25.3 Å². The third-order valence-corrected chi connectivity index (χ3v) is 7.24. The molecule has 1 aliphatic carbocycles. The molecule has 1 saturated heterocycles. The Morgan fingerprint density at radius 3 is 2.32 bits per heavy atom. The predicted molar refractivity (Wildman–Crippen MR) is 75.2 cm³/mol. The first-order valence-electron chi connectivity index (χ1n) is 6.45. The van der Waals surface area contributed by atoms with Gasteiger partial charge in [-0.25, -0.2) is 8.42 Å². The van der Waals surface area contributed by atoms with Crippen molar-refractivity contribution in [2.45, 2.75) is 42.0 Å². The van der Waals surface area contributed by atoms with Crippen LogP contribution >= 0.6 is 22.9 Å². The summed E-state index contributed by atoms with van der Waals surface area (Å²) in [5.41, 5.74) is 0. The molecule has 3 rings (SSSR count). The van der Waals surface area contributed by atoms with Crippen molar-refractivity contribution < 1.29 is 13.2 Å². The van der Waals surface area contributed by atoms with Gasteiger partial charge in [0.2, 0.25) is 0 Å². The van der Waals surface area contributed by atoms with Crippen LogP contribution in [0, 0.1) is 0 Å². The van der Waals surface area contributed by atoms with E-state index >= 15 is 0 Å². The zero-order valence-corrected chi connectivity index (χ0v) is 12.8. The molecule has 0 unspecified atom stereocenters. The minimum absolute atomic E-state index is 0.0760. The fourth-order valence-electron chi connectivity index (χ4n) is 2.50. The van der Waals surface area contributed by atoms with Crippen molar-refractivity contribution in [1.29, 1.82) is 0 Å². The molecule has 1 aliphatic heterocycles. The first-order chi connectivity index (χ1) is 9.09. The van der Waals surface area contributed by atoms with Crippen LogP contribution in [0.2, 0.25) is 4.34 Å². The van der Waals surface area contributed by atoms with Crippen LogP contribution in [0.3, 0.4) is 0 Å². The van der Waals surface area contributed by atoms with Gasteiger partial charge in [-0.3, -0.25) is 0 Å². The second-order valence-electron chi connectivity index (χ2n) is 4.97. The molecule has 7 heteroatoms. The lowest BCUT2D eigenvalue weighted by atomic mass is 10.1. The van der Waals surface area contributed by atoms with E-state index in [0.29, 0.717) is 21.8 Å². The number of nitrogens with zero attached hydrogens (tertiary/aromatic N) is 1. The fourth-order valence-corrected chi connectivity index (χ4v) is 6.02. The summed E-state index contributed by atoms with van der Waals surface area (Å²) in [5, 5.41) is 0. The van der Waals surface area contributed by atoms with Crippen molar-refractivity contribution >= 4 is 33.0 Å². The lowest BCUT2D eigenvalue weighted by Gasteiger charge is -2.33. The Bertz CT molecular complexity index is 547. The third-order valence-electron chi connectivity index (χ3n) is 3.54. The van der Waals surface area contributed by atoms with Gasteiger partial charge in [-0.05, 0) is 37.8 Å². The van der Waals surface area contributed by atoms with Crippen LogP contribution in [-0.2, 0) is 14.8 Å². The molecule has 4 nitrogen and oxygen atoms in total. The van der Waals surface area contributed by atoms with Crippen LogP contribution in [-0.4, -0.2) is 38.0 Å². The Balaban J connectivity index is 1.90. The van der Waals surface area contributed by atoms with Crippen molar-refractivity contribution in [3.05, 3.63) is 16.5 Å². The Labute approximate surface area is 122 Å². The van der Waals surface area contributed by atoms with E-state index in [4.69, 9.17) is 16.3 Å². The highest BCUT2D eigenvalue weighted by atomic mass is 35.5. The summed E-state index contributed by atoms with van der Waals surface area (Å²) in [6.07, 6.45) is 3.51. The van der Waals surface area contributed by atoms with Crippen molar-refractivity contribution in [3.8, 4) is 0 Å². The molecule has 1 saturated carbocycles. The van der Waals surface area contributed by atoms with Crippen LogP contribution in [0.25, 0.3) is 0 Å². The molecule has 0 spiro atoms. The molecule has 0 atom stereocenters. The van der Waals surface area contributed by atoms with E-state index in [0.717, 1.165) is 37.0 Å². The summed E-state index contributed by atoms with van der Waals surface area (Å²) in [4.78, 5) is 0. The molecule has 19 heavy (non-hydrogen) atoms. The van der Waals surface area contributed by atoms with Gasteiger partial charge in [-0.2, -0.15) is 4.31 Å². The predicted octanol–water partition coefficient (Wildman–Crippen LogP) is 2.73. The van der Waals surface area contributed by atoms with Crippen LogP contribution in [0.4, 0.5) is 0 Å². The van der Waals surface area contributed by atoms with E-state index in [1.54, 1.807) is 16.4 Å². The summed E-state index contributed by atoms with van der Waals surface area (Å²) < 4.78 is 33.5. The van der Waals surface area contributed by atoms with Gasteiger partial charge in [0.1, 0.15) is 4.21 Å².